The minimum atomic E-state index is -3.59. The molecule has 0 aromatic heterocycles. The molecule has 3 nitrogen and oxygen atoms in total. The van der Waals surface area contributed by atoms with Gasteiger partial charge in [-0.05, 0) is 12.1 Å². The zero-order chi connectivity index (χ0) is 10.6. The van der Waals surface area contributed by atoms with Gasteiger partial charge in [-0.1, -0.05) is 29.8 Å². The van der Waals surface area contributed by atoms with Crippen molar-refractivity contribution in [1.82, 2.24) is 0 Å². The van der Waals surface area contributed by atoms with E-state index in [4.69, 9.17) is 16.9 Å². The first-order valence-electron chi connectivity index (χ1n) is 3.64. The minimum absolute atomic E-state index is 0.119. The third-order valence-electron chi connectivity index (χ3n) is 1.44. The molecule has 0 saturated heterocycles. The molecule has 0 amide bonds. The summed E-state index contributed by atoms with van der Waals surface area (Å²) in [6.07, 6.45) is 0. The Morgan fingerprint density at radius 1 is 1.36 bits per heavy atom. The van der Waals surface area contributed by atoms with E-state index in [1.807, 2.05) is 0 Å². The fourth-order valence-electron chi connectivity index (χ4n) is 0.841. The Hall–Kier alpha value is -1.31. The molecule has 1 aromatic carbocycles. The lowest BCUT2D eigenvalue weighted by Gasteiger charge is -1.96. The van der Waals surface area contributed by atoms with Crippen molar-refractivity contribution in [3.8, 4) is 6.07 Å². The lowest BCUT2D eigenvalue weighted by molar-refractivity contribution is 0.604. The van der Waals surface area contributed by atoms with E-state index in [0.717, 1.165) is 5.41 Å². The molecule has 72 valence electrons. The molecule has 0 heterocycles. The van der Waals surface area contributed by atoms with Crippen LogP contribution < -0.4 is 0 Å². The summed E-state index contributed by atoms with van der Waals surface area (Å²) < 4.78 is 23.0. The second-order valence-electron chi connectivity index (χ2n) is 2.44. The summed E-state index contributed by atoms with van der Waals surface area (Å²) in [5.41, 5.74) is 0. The van der Waals surface area contributed by atoms with E-state index in [-0.39, 0.29) is 9.93 Å². The molecule has 0 saturated carbocycles. The molecule has 1 aromatic rings. The SMILES string of the molecule is N#C/C(Cl)=C\S(=O)(=O)c1ccccc1. The molecule has 0 aliphatic rings. The molecule has 0 bridgehead atoms. The standard InChI is InChI=1S/C9H6ClNO2S/c10-8(6-11)7-14(12,13)9-4-2-1-3-5-9/h1-5,7H/b8-7+. The van der Waals surface area contributed by atoms with E-state index < -0.39 is 9.84 Å². The largest absolute Gasteiger partial charge is 0.219 e. The topological polar surface area (TPSA) is 57.9 Å². The van der Waals surface area contributed by atoms with Gasteiger partial charge in [-0.15, -0.1) is 0 Å². The van der Waals surface area contributed by atoms with Crippen LogP contribution in [-0.4, -0.2) is 8.42 Å². The quantitative estimate of drug-likeness (QED) is 0.727. The van der Waals surface area contributed by atoms with Gasteiger partial charge in [0.25, 0.3) is 0 Å². The van der Waals surface area contributed by atoms with Gasteiger partial charge in [-0.2, -0.15) is 5.26 Å². The van der Waals surface area contributed by atoms with E-state index in [2.05, 4.69) is 0 Å². The second-order valence-corrected chi connectivity index (χ2v) is 4.64. The predicted octanol–water partition coefficient (Wildman–Crippen LogP) is 2.06. The van der Waals surface area contributed by atoms with Crippen molar-refractivity contribution in [3.63, 3.8) is 0 Å². The number of allylic oxidation sites excluding steroid dienone is 1. The molecular weight excluding hydrogens is 222 g/mol. The Kier molecular flexibility index (Phi) is 3.28. The van der Waals surface area contributed by atoms with Gasteiger partial charge >= 0.3 is 0 Å². The zero-order valence-electron chi connectivity index (χ0n) is 7.01. The average molecular weight is 228 g/mol. The Bertz CT molecular complexity index is 485. The number of rotatable bonds is 2. The molecule has 0 radical (unpaired) electrons. The van der Waals surface area contributed by atoms with E-state index in [0.29, 0.717) is 0 Å². The number of benzene rings is 1. The van der Waals surface area contributed by atoms with Crippen molar-refractivity contribution >= 4 is 21.4 Å². The van der Waals surface area contributed by atoms with Crippen LogP contribution in [0.1, 0.15) is 0 Å². The van der Waals surface area contributed by atoms with Crippen LogP contribution in [0.15, 0.2) is 45.7 Å². The lowest BCUT2D eigenvalue weighted by Crippen LogP contribution is -1.95. The highest BCUT2D eigenvalue weighted by Gasteiger charge is 2.10. The molecule has 14 heavy (non-hydrogen) atoms. The first-order valence-corrected chi connectivity index (χ1v) is 5.56. The number of hydrogen-bond donors (Lipinski definition) is 0. The van der Waals surface area contributed by atoms with Crippen LogP contribution in [0.25, 0.3) is 0 Å². The number of halogens is 1. The number of nitrogens with zero attached hydrogens (tertiary/aromatic N) is 1. The summed E-state index contributed by atoms with van der Waals surface area (Å²) in [7, 11) is -3.59. The predicted molar refractivity (Wildman–Crippen MR) is 53.2 cm³/mol. The van der Waals surface area contributed by atoms with E-state index in [1.165, 1.54) is 18.2 Å². The highest BCUT2D eigenvalue weighted by atomic mass is 35.5. The second kappa shape index (κ2) is 4.27. The molecule has 0 N–H and O–H groups in total. The fraction of sp³-hybridized carbons (Fsp3) is 0. The van der Waals surface area contributed by atoms with Crippen LogP contribution in [0.3, 0.4) is 0 Å². The Morgan fingerprint density at radius 3 is 2.43 bits per heavy atom. The summed E-state index contributed by atoms with van der Waals surface area (Å²) in [6, 6.07) is 9.31. The Morgan fingerprint density at radius 2 is 1.93 bits per heavy atom. The van der Waals surface area contributed by atoms with Gasteiger partial charge in [0.1, 0.15) is 11.1 Å². The lowest BCUT2D eigenvalue weighted by atomic mass is 10.4. The van der Waals surface area contributed by atoms with Gasteiger partial charge in [-0.25, -0.2) is 8.42 Å². The number of nitriles is 1. The molecule has 0 aliphatic carbocycles. The Labute approximate surface area is 87.2 Å². The molecule has 0 aliphatic heterocycles. The smallest absolute Gasteiger partial charge is 0.201 e. The third kappa shape index (κ3) is 2.59. The van der Waals surface area contributed by atoms with Gasteiger partial charge in [0.05, 0.1) is 10.3 Å². The first-order chi connectivity index (χ1) is 6.56. The molecule has 0 spiro atoms. The van der Waals surface area contributed by atoms with Crippen molar-refractivity contribution in [2.75, 3.05) is 0 Å². The van der Waals surface area contributed by atoms with Crippen molar-refractivity contribution in [3.05, 3.63) is 40.8 Å². The van der Waals surface area contributed by atoms with Crippen molar-refractivity contribution in [2.45, 2.75) is 4.90 Å². The van der Waals surface area contributed by atoms with Crippen LogP contribution >= 0.6 is 11.6 Å². The van der Waals surface area contributed by atoms with Crippen LogP contribution in [0.4, 0.5) is 0 Å². The minimum Gasteiger partial charge on any atom is -0.219 e. The zero-order valence-corrected chi connectivity index (χ0v) is 8.59. The molecule has 1 rings (SSSR count). The van der Waals surface area contributed by atoms with Gasteiger partial charge in [0, 0.05) is 0 Å². The molecular formula is C9H6ClNO2S. The van der Waals surface area contributed by atoms with Crippen molar-refractivity contribution in [1.29, 1.82) is 5.26 Å². The summed E-state index contributed by atoms with van der Waals surface area (Å²) in [5, 5.41) is 8.72. The molecule has 0 fully saturated rings. The van der Waals surface area contributed by atoms with E-state index in [1.54, 1.807) is 18.2 Å². The van der Waals surface area contributed by atoms with E-state index >= 15 is 0 Å². The fourth-order valence-corrected chi connectivity index (χ4v) is 2.19. The molecule has 0 unspecified atom stereocenters. The molecule has 0 atom stereocenters. The number of sulfone groups is 1. The first kappa shape index (κ1) is 10.8. The summed E-state index contributed by atoms with van der Waals surface area (Å²) in [4.78, 5) is 0.119. The summed E-state index contributed by atoms with van der Waals surface area (Å²) in [5.74, 6) is 0. The molecule has 5 heteroatoms. The monoisotopic (exact) mass is 227 g/mol. The van der Waals surface area contributed by atoms with Crippen LogP contribution in [0.5, 0.6) is 0 Å². The number of hydrogen-bond acceptors (Lipinski definition) is 3. The van der Waals surface area contributed by atoms with Crippen molar-refractivity contribution in [2.24, 2.45) is 0 Å². The van der Waals surface area contributed by atoms with Gasteiger partial charge < -0.3 is 0 Å². The summed E-state index contributed by atoms with van der Waals surface area (Å²) in [6.45, 7) is 0. The van der Waals surface area contributed by atoms with Crippen molar-refractivity contribution < 1.29 is 8.42 Å². The summed E-state index contributed by atoms with van der Waals surface area (Å²) >= 11 is 5.32. The van der Waals surface area contributed by atoms with Gasteiger partial charge in [-0.3, -0.25) is 0 Å². The van der Waals surface area contributed by atoms with Crippen LogP contribution in [0, 0.1) is 11.3 Å². The third-order valence-corrected chi connectivity index (χ3v) is 3.24. The normalized spacial score (nSPS) is 12.1. The maximum atomic E-state index is 11.5. The van der Waals surface area contributed by atoms with E-state index in [9.17, 15) is 8.42 Å². The van der Waals surface area contributed by atoms with Gasteiger partial charge in [0.2, 0.25) is 9.84 Å². The Balaban J connectivity index is 3.19. The van der Waals surface area contributed by atoms with Crippen LogP contribution in [0.2, 0.25) is 0 Å². The van der Waals surface area contributed by atoms with Crippen LogP contribution in [-0.2, 0) is 9.84 Å². The maximum absolute atomic E-state index is 11.5. The highest BCUT2D eigenvalue weighted by molar-refractivity contribution is 7.94. The van der Waals surface area contributed by atoms with Gasteiger partial charge in [0.15, 0.2) is 0 Å². The highest BCUT2D eigenvalue weighted by Crippen LogP contribution is 2.14. The maximum Gasteiger partial charge on any atom is 0.201 e. The average Bonchev–Trinajstić information content (AvgIpc) is 2.18.